The number of nitrogens with two attached hydrogens (primary N) is 1. The summed E-state index contributed by atoms with van der Waals surface area (Å²) in [6.07, 6.45) is 1.16. The fourth-order valence-corrected chi connectivity index (χ4v) is 1.06. The van der Waals surface area contributed by atoms with Gasteiger partial charge < -0.3 is 15.9 Å². The summed E-state index contributed by atoms with van der Waals surface area (Å²) >= 11 is 4.48. The normalized spacial score (nSPS) is 10.4. The van der Waals surface area contributed by atoms with E-state index in [0.29, 0.717) is 0 Å². The predicted molar refractivity (Wildman–Crippen MR) is 63.9 cm³/mol. The van der Waals surface area contributed by atoms with Gasteiger partial charge in [-0.05, 0) is 18.3 Å². The fraction of sp³-hybridized carbons (Fsp3) is 0. The number of nitrogens with zero attached hydrogens (tertiary/aromatic N) is 2. The third kappa shape index (κ3) is 3.28. The topological polar surface area (TPSA) is 134 Å². The van der Waals surface area contributed by atoms with E-state index in [0.717, 1.165) is 18.3 Å². The maximum atomic E-state index is 10.5. The van der Waals surface area contributed by atoms with Crippen molar-refractivity contribution in [3.63, 3.8) is 0 Å². The number of aromatic hydroxyl groups is 2. The van der Waals surface area contributed by atoms with E-state index in [2.05, 4.69) is 22.7 Å². The molecule has 0 spiro atoms. The van der Waals surface area contributed by atoms with Crippen LogP contribution in [0, 0.1) is 10.1 Å². The van der Waals surface area contributed by atoms with Gasteiger partial charge in [-0.25, -0.2) is 0 Å². The number of benzene rings is 1. The van der Waals surface area contributed by atoms with E-state index >= 15 is 0 Å². The molecule has 0 aliphatic heterocycles. The number of nitro benzene ring substituents is 1. The number of hydrazone groups is 1. The van der Waals surface area contributed by atoms with Crippen molar-refractivity contribution >= 4 is 29.2 Å². The van der Waals surface area contributed by atoms with Gasteiger partial charge in [-0.3, -0.25) is 15.5 Å². The molecule has 17 heavy (non-hydrogen) atoms. The monoisotopic (exact) mass is 256 g/mol. The Hall–Kier alpha value is -2.42. The Kier molecular flexibility index (Phi) is 3.78. The van der Waals surface area contributed by atoms with Gasteiger partial charge in [0.05, 0.1) is 11.1 Å². The quantitative estimate of drug-likeness (QED) is 0.199. The average molecular weight is 256 g/mol. The molecular weight excluding hydrogens is 248 g/mol. The van der Waals surface area contributed by atoms with E-state index in [1.807, 2.05) is 0 Å². The molecule has 9 heteroatoms. The lowest BCUT2D eigenvalue weighted by molar-refractivity contribution is -0.386. The van der Waals surface area contributed by atoms with Crippen molar-refractivity contribution in [2.45, 2.75) is 0 Å². The second-order valence-electron chi connectivity index (χ2n) is 2.90. The van der Waals surface area contributed by atoms with Gasteiger partial charge in [-0.15, -0.1) is 0 Å². The van der Waals surface area contributed by atoms with Crippen molar-refractivity contribution in [2.24, 2.45) is 10.8 Å². The lowest BCUT2D eigenvalue weighted by Gasteiger charge is -2.01. The van der Waals surface area contributed by atoms with E-state index in [1.165, 1.54) is 0 Å². The third-order valence-corrected chi connectivity index (χ3v) is 1.77. The van der Waals surface area contributed by atoms with E-state index in [-0.39, 0.29) is 10.7 Å². The van der Waals surface area contributed by atoms with Crippen molar-refractivity contribution in [3.05, 3.63) is 27.8 Å². The molecule has 0 amide bonds. The largest absolute Gasteiger partial charge is 0.504 e. The molecule has 8 nitrogen and oxygen atoms in total. The van der Waals surface area contributed by atoms with Gasteiger partial charge in [0.15, 0.2) is 10.9 Å². The Morgan fingerprint density at radius 2 is 2.24 bits per heavy atom. The van der Waals surface area contributed by atoms with Crippen LogP contribution in [0.4, 0.5) is 5.69 Å². The van der Waals surface area contributed by atoms with E-state index in [9.17, 15) is 20.3 Å². The van der Waals surface area contributed by atoms with Gasteiger partial charge in [0.1, 0.15) is 0 Å². The van der Waals surface area contributed by atoms with Crippen molar-refractivity contribution in [1.82, 2.24) is 5.43 Å². The Balaban J connectivity index is 3.06. The first-order valence-corrected chi connectivity index (χ1v) is 4.61. The summed E-state index contributed by atoms with van der Waals surface area (Å²) in [5.41, 5.74) is 6.92. The zero-order valence-electron chi connectivity index (χ0n) is 8.32. The molecule has 0 radical (unpaired) electrons. The third-order valence-electron chi connectivity index (χ3n) is 1.68. The van der Waals surface area contributed by atoms with Crippen molar-refractivity contribution < 1.29 is 15.1 Å². The van der Waals surface area contributed by atoms with Crippen molar-refractivity contribution in [3.8, 4) is 11.5 Å². The summed E-state index contributed by atoms with van der Waals surface area (Å²) in [6.45, 7) is 0. The van der Waals surface area contributed by atoms with Crippen molar-refractivity contribution in [2.75, 3.05) is 0 Å². The van der Waals surface area contributed by atoms with Crippen LogP contribution < -0.4 is 11.2 Å². The van der Waals surface area contributed by atoms with Gasteiger partial charge in [-0.2, -0.15) is 5.10 Å². The average Bonchev–Trinajstić information content (AvgIpc) is 2.22. The summed E-state index contributed by atoms with van der Waals surface area (Å²) in [7, 11) is 0. The van der Waals surface area contributed by atoms with Gasteiger partial charge in [0.25, 0.3) is 0 Å². The maximum Gasteiger partial charge on any atom is 0.315 e. The van der Waals surface area contributed by atoms with Crippen molar-refractivity contribution in [1.29, 1.82) is 0 Å². The highest BCUT2D eigenvalue weighted by atomic mass is 32.1. The highest BCUT2D eigenvalue weighted by Gasteiger charge is 2.18. The molecule has 0 aromatic heterocycles. The summed E-state index contributed by atoms with van der Waals surface area (Å²) in [5.74, 6) is -1.41. The fourth-order valence-electron chi connectivity index (χ4n) is 1.01. The molecule has 0 bridgehead atoms. The molecule has 0 unspecified atom stereocenters. The molecule has 5 N–H and O–H groups in total. The Bertz CT molecular complexity index is 503. The van der Waals surface area contributed by atoms with Crippen LogP contribution in [-0.4, -0.2) is 26.5 Å². The van der Waals surface area contributed by atoms with Gasteiger partial charge >= 0.3 is 5.69 Å². The number of phenols is 2. The minimum Gasteiger partial charge on any atom is -0.504 e. The minimum absolute atomic E-state index is 0.0706. The van der Waals surface area contributed by atoms with Crippen LogP contribution in [0.5, 0.6) is 11.5 Å². The molecule has 1 rings (SSSR count). The van der Waals surface area contributed by atoms with Crippen LogP contribution in [0.3, 0.4) is 0 Å². The number of thiocarbonyl (C=S) groups is 1. The molecule has 0 heterocycles. The SMILES string of the molecule is NC(=S)NN=Cc1cc(O)c(O)c([N+](=O)[O-])c1. The molecule has 1 aromatic carbocycles. The molecule has 0 aliphatic carbocycles. The standard InChI is InChI=1S/C8H8N4O4S/c9-8(17)11-10-3-4-1-5(12(15)16)7(14)6(13)2-4/h1-3,13-14H,(H3,9,11,17). The van der Waals surface area contributed by atoms with Crippen LogP contribution in [0.2, 0.25) is 0 Å². The Labute approximate surface area is 101 Å². The first-order chi connectivity index (χ1) is 7.91. The van der Waals surface area contributed by atoms with E-state index < -0.39 is 22.1 Å². The number of hydrogen-bond acceptors (Lipinski definition) is 6. The molecule has 0 saturated heterocycles. The molecule has 90 valence electrons. The highest BCUT2D eigenvalue weighted by molar-refractivity contribution is 7.80. The zero-order chi connectivity index (χ0) is 13.0. The van der Waals surface area contributed by atoms with E-state index in [4.69, 9.17) is 5.73 Å². The van der Waals surface area contributed by atoms with Crippen LogP contribution in [0.15, 0.2) is 17.2 Å². The van der Waals surface area contributed by atoms with Gasteiger partial charge in [0, 0.05) is 11.6 Å². The highest BCUT2D eigenvalue weighted by Crippen LogP contribution is 2.35. The Morgan fingerprint density at radius 1 is 1.59 bits per heavy atom. The minimum atomic E-state index is -0.826. The molecule has 0 atom stereocenters. The predicted octanol–water partition coefficient (Wildman–Crippen LogP) is 0.173. The maximum absolute atomic E-state index is 10.5. The zero-order valence-corrected chi connectivity index (χ0v) is 9.14. The number of hydrogen-bond donors (Lipinski definition) is 4. The number of nitrogens with one attached hydrogen (secondary N) is 1. The molecule has 0 fully saturated rings. The number of phenolic OH excluding ortho intramolecular Hbond substituents is 2. The smallest absolute Gasteiger partial charge is 0.315 e. The summed E-state index contributed by atoms with van der Waals surface area (Å²) in [5, 5.41) is 32.5. The summed E-state index contributed by atoms with van der Waals surface area (Å²) in [4.78, 5) is 9.72. The second kappa shape index (κ2) is 5.07. The van der Waals surface area contributed by atoms with Crippen LogP contribution >= 0.6 is 12.2 Å². The second-order valence-corrected chi connectivity index (χ2v) is 3.34. The lowest BCUT2D eigenvalue weighted by atomic mass is 10.2. The first-order valence-electron chi connectivity index (χ1n) is 4.20. The van der Waals surface area contributed by atoms with Crippen LogP contribution in [0.25, 0.3) is 0 Å². The molecule has 1 aromatic rings. The lowest BCUT2D eigenvalue weighted by Crippen LogP contribution is -2.23. The van der Waals surface area contributed by atoms with Crippen LogP contribution in [-0.2, 0) is 0 Å². The van der Waals surface area contributed by atoms with E-state index in [1.54, 1.807) is 0 Å². The molecule has 0 aliphatic rings. The summed E-state index contributed by atoms with van der Waals surface area (Å²) in [6, 6.07) is 2.15. The number of nitro groups is 1. The van der Waals surface area contributed by atoms with Gasteiger partial charge in [0.2, 0.25) is 5.75 Å². The molecular formula is C8H8N4O4S. The number of rotatable bonds is 3. The van der Waals surface area contributed by atoms with Gasteiger partial charge in [-0.1, -0.05) is 0 Å². The molecule has 0 saturated carbocycles. The van der Waals surface area contributed by atoms with Crippen LogP contribution in [0.1, 0.15) is 5.56 Å². The first kappa shape index (κ1) is 12.6. The summed E-state index contributed by atoms with van der Waals surface area (Å²) < 4.78 is 0. The Morgan fingerprint density at radius 3 is 2.76 bits per heavy atom.